The summed E-state index contributed by atoms with van der Waals surface area (Å²) in [5.74, 6) is -1.73. The minimum absolute atomic E-state index is 0.0974. The van der Waals surface area contributed by atoms with Crippen molar-refractivity contribution in [1.82, 2.24) is 19.5 Å². The fraction of sp³-hybridized carbons (Fsp3) is 0.294. The van der Waals surface area contributed by atoms with Crippen molar-refractivity contribution < 1.29 is 43.4 Å². The molecular formula is C17H17N5O9P-. The number of phenols is 1. The zero-order chi connectivity index (χ0) is 23.0. The van der Waals surface area contributed by atoms with Crippen LogP contribution in [0.4, 0.5) is 5.82 Å². The predicted molar refractivity (Wildman–Crippen MR) is 103 cm³/mol. The van der Waals surface area contributed by atoms with Crippen LogP contribution in [-0.4, -0.2) is 65.7 Å². The summed E-state index contributed by atoms with van der Waals surface area (Å²) in [5.41, 5.74) is 5.81. The highest BCUT2D eigenvalue weighted by molar-refractivity contribution is 7.46. The van der Waals surface area contributed by atoms with E-state index in [0.717, 1.165) is 6.07 Å². The minimum Gasteiger partial charge on any atom is -0.746 e. The van der Waals surface area contributed by atoms with Crippen LogP contribution in [0.15, 0.2) is 36.9 Å². The second kappa shape index (κ2) is 8.43. The Labute approximate surface area is 179 Å². The van der Waals surface area contributed by atoms with Gasteiger partial charge in [-0.2, -0.15) is 0 Å². The average molecular weight is 466 g/mol. The molecule has 0 amide bonds. The zero-order valence-corrected chi connectivity index (χ0v) is 17.0. The number of imidazole rings is 1. The van der Waals surface area contributed by atoms with Crippen LogP contribution in [0.2, 0.25) is 0 Å². The first-order valence-corrected chi connectivity index (χ1v) is 10.6. The molecule has 3 aromatic rings. The Morgan fingerprint density at radius 2 is 2.00 bits per heavy atom. The summed E-state index contributed by atoms with van der Waals surface area (Å²) in [4.78, 5) is 35.8. The van der Waals surface area contributed by atoms with Gasteiger partial charge in [-0.1, -0.05) is 12.1 Å². The normalized spacial score (nSPS) is 25.0. The molecule has 5 N–H and O–H groups in total. The lowest BCUT2D eigenvalue weighted by molar-refractivity contribution is -0.222. The number of carbonyl (C=O) groups is 1. The smallest absolute Gasteiger partial charge is 0.347 e. The molecule has 0 saturated carbocycles. The molecule has 170 valence electrons. The molecule has 4 rings (SSSR count). The van der Waals surface area contributed by atoms with Gasteiger partial charge in [-0.25, -0.2) is 19.7 Å². The maximum atomic E-state index is 12.0. The molecule has 0 aliphatic carbocycles. The van der Waals surface area contributed by atoms with Gasteiger partial charge in [0.15, 0.2) is 17.7 Å². The van der Waals surface area contributed by atoms with Gasteiger partial charge < -0.3 is 39.7 Å². The van der Waals surface area contributed by atoms with Crippen LogP contribution in [0.3, 0.4) is 0 Å². The molecule has 0 radical (unpaired) electrons. The van der Waals surface area contributed by atoms with E-state index in [-0.39, 0.29) is 22.5 Å². The van der Waals surface area contributed by atoms with Crippen molar-refractivity contribution in [3.05, 3.63) is 42.5 Å². The Morgan fingerprint density at radius 3 is 2.75 bits per heavy atom. The van der Waals surface area contributed by atoms with Gasteiger partial charge in [-0.05, 0) is 12.1 Å². The lowest BCUT2D eigenvalue weighted by Crippen LogP contribution is -2.34. The number of nitrogens with two attached hydrogens (primary N) is 1. The Bertz CT molecular complexity index is 1200. The Kier molecular flexibility index (Phi) is 5.81. The predicted octanol–water partition coefficient (Wildman–Crippen LogP) is -0.925. The number of nitrogen functional groups attached to an aromatic ring is 1. The summed E-state index contributed by atoms with van der Waals surface area (Å²) in [7, 11) is -5.20. The number of aromatic hydroxyl groups is 1. The number of hydrogen-bond donors (Lipinski definition) is 4. The number of nitrogens with zero attached hydrogens (tertiary/aromatic N) is 4. The molecular weight excluding hydrogens is 449 g/mol. The highest BCUT2D eigenvalue weighted by Gasteiger charge is 2.45. The van der Waals surface area contributed by atoms with E-state index in [0.29, 0.717) is 0 Å². The van der Waals surface area contributed by atoms with E-state index < -0.39 is 50.7 Å². The van der Waals surface area contributed by atoms with Crippen LogP contribution in [0.5, 0.6) is 5.75 Å². The van der Waals surface area contributed by atoms with E-state index in [4.69, 9.17) is 10.5 Å². The minimum atomic E-state index is -5.20. The molecule has 2 aromatic heterocycles. The number of benzene rings is 1. The maximum Gasteiger partial charge on any atom is 0.347 e. The number of phosphoric acid groups is 1. The van der Waals surface area contributed by atoms with Crippen molar-refractivity contribution in [1.29, 1.82) is 0 Å². The summed E-state index contributed by atoms with van der Waals surface area (Å²) in [6.07, 6.45) is -3.09. The number of rotatable bonds is 6. The molecule has 1 unspecified atom stereocenters. The third kappa shape index (κ3) is 4.14. The zero-order valence-electron chi connectivity index (χ0n) is 16.1. The number of hydrogen-bond acceptors (Lipinski definition) is 13. The van der Waals surface area contributed by atoms with E-state index in [1.54, 1.807) is 0 Å². The van der Waals surface area contributed by atoms with Gasteiger partial charge in [0.2, 0.25) is 0 Å². The fourth-order valence-electron chi connectivity index (χ4n) is 3.14. The van der Waals surface area contributed by atoms with Gasteiger partial charge in [0.25, 0.3) is 0 Å². The van der Waals surface area contributed by atoms with Crippen LogP contribution in [-0.2, 0) is 18.3 Å². The quantitative estimate of drug-likeness (QED) is 0.324. The second-order valence-corrected chi connectivity index (χ2v) is 8.10. The van der Waals surface area contributed by atoms with E-state index in [9.17, 15) is 29.6 Å². The van der Waals surface area contributed by atoms with Gasteiger partial charge >= 0.3 is 13.8 Å². The highest BCUT2D eigenvalue weighted by atomic mass is 31.2. The molecule has 1 aliphatic heterocycles. The number of phenolic OH excluding ortho intramolecular Hbond substituents is 1. The second-order valence-electron chi connectivity index (χ2n) is 6.77. The summed E-state index contributed by atoms with van der Waals surface area (Å²) >= 11 is 0. The number of carbonyl (C=O) groups excluding carboxylic acids is 1. The molecule has 1 fully saturated rings. The van der Waals surface area contributed by atoms with Gasteiger partial charge in [0.1, 0.15) is 41.5 Å². The fourth-order valence-corrected chi connectivity index (χ4v) is 3.82. The molecule has 0 bridgehead atoms. The van der Waals surface area contributed by atoms with Crippen molar-refractivity contribution in [2.24, 2.45) is 0 Å². The number of aromatic nitrogens is 4. The van der Waals surface area contributed by atoms with Gasteiger partial charge in [0.05, 0.1) is 12.9 Å². The van der Waals surface area contributed by atoms with E-state index >= 15 is 0 Å². The molecule has 3 heterocycles. The molecule has 1 aromatic carbocycles. The molecule has 32 heavy (non-hydrogen) atoms. The largest absolute Gasteiger partial charge is 0.746 e. The Balaban J connectivity index is 1.43. The van der Waals surface area contributed by atoms with Gasteiger partial charge in [-0.15, -0.1) is 0 Å². The molecule has 14 nitrogen and oxygen atoms in total. The molecule has 0 spiro atoms. The standard InChI is InChI=1S/C17H18N5O9P/c18-14-11-15(20-6-19-14)22(7-21-11)16-13(25)12(24)10(30-16)5-29-32(27,28)31-17(26)8-3-1-2-4-9(8)23/h1-4,6-7,10,12-13,16,23-25H,5H2,(H,27,28)(H2,18,19,20)/p-1/t10-,12-,13-,16-/m1/s1. The molecule has 1 saturated heterocycles. The van der Waals surface area contributed by atoms with E-state index in [2.05, 4.69) is 24.0 Å². The Hall–Kier alpha value is -3.13. The van der Waals surface area contributed by atoms with E-state index in [1.165, 1.54) is 35.4 Å². The number of anilines is 1. The van der Waals surface area contributed by atoms with Crippen molar-refractivity contribution in [3.63, 3.8) is 0 Å². The first-order chi connectivity index (χ1) is 15.2. The van der Waals surface area contributed by atoms with Crippen LogP contribution in [0.1, 0.15) is 16.6 Å². The van der Waals surface area contributed by atoms with Crippen LogP contribution in [0.25, 0.3) is 11.2 Å². The van der Waals surface area contributed by atoms with Crippen LogP contribution in [0, 0.1) is 0 Å². The summed E-state index contributed by atoms with van der Waals surface area (Å²) < 4.78 is 27.8. The third-order valence-corrected chi connectivity index (χ3v) is 5.57. The van der Waals surface area contributed by atoms with E-state index in [1.807, 2.05) is 0 Å². The first-order valence-electron chi connectivity index (χ1n) is 9.10. The molecule has 15 heteroatoms. The molecule has 1 aliphatic rings. The lowest BCUT2D eigenvalue weighted by Gasteiger charge is -2.24. The number of fused-ring (bicyclic) bond motifs is 1. The van der Waals surface area contributed by atoms with Gasteiger partial charge in [-0.3, -0.25) is 9.13 Å². The molecule has 5 atom stereocenters. The number of aliphatic hydroxyl groups is 2. The third-order valence-electron chi connectivity index (χ3n) is 4.71. The number of aliphatic hydroxyl groups excluding tert-OH is 2. The van der Waals surface area contributed by atoms with Crippen molar-refractivity contribution in [3.8, 4) is 5.75 Å². The monoisotopic (exact) mass is 466 g/mol. The number of phosphoric ester groups is 1. The summed E-state index contributed by atoms with van der Waals surface area (Å²) in [6.45, 7) is -0.771. The summed E-state index contributed by atoms with van der Waals surface area (Å²) in [6, 6.07) is 5.17. The number of ether oxygens (including phenoxy) is 1. The number of para-hydroxylation sites is 1. The van der Waals surface area contributed by atoms with Gasteiger partial charge in [0, 0.05) is 0 Å². The van der Waals surface area contributed by atoms with Crippen LogP contribution < -0.4 is 10.6 Å². The summed E-state index contributed by atoms with van der Waals surface area (Å²) in [5, 5.41) is 30.3. The first kappa shape index (κ1) is 22.1. The SMILES string of the molecule is Nc1ncnc2c1ncn2[C@@H]1O[C@H](COP(=O)([O-])OC(=O)c2ccccc2O)[C@@H](O)[C@H]1O. The lowest BCUT2D eigenvalue weighted by atomic mass is 10.1. The highest BCUT2D eigenvalue weighted by Crippen LogP contribution is 2.42. The topological polar surface area (TPSA) is 215 Å². The van der Waals surface area contributed by atoms with Crippen LogP contribution >= 0.6 is 7.82 Å². The van der Waals surface area contributed by atoms with Crippen molar-refractivity contribution >= 4 is 30.8 Å². The maximum absolute atomic E-state index is 12.0. The Morgan fingerprint density at radius 1 is 1.25 bits per heavy atom. The average Bonchev–Trinajstić information content (AvgIpc) is 3.29. The van der Waals surface area contributed by atoms with Crippen molar-refractivity contribution in [2.75, 3.05) is 12.3 Å². The van der Waals surface area contributed by atoms with Crippen molar-refractivity contribution in [2.45, 2.75) is 24.5 Å².